The Bertz CT molecular complexity index is 2000. The number of pyridine rings is 2. The molecule has 0 N–H and O–H groups in total. The molecule has 0 unspecified atom stereocenters. The molecule has 6 aromatic rings. The Morgan fingerprint density at radius 2 is 0.583 bits per heavy atom. The summed E-state index contributed by atoms with van der Waals surface area (Å²) >= 11 is 0. The number of fused-ring (bicyclic) bond motifs is 2. The zero-order valence-corrected chi connectivity index (χ0v) is 35.9. The first kappa shape index (κ1) is 43.0. The van der Waals surface area contributed by atoms with Gasteiger partial charge in [-0.25, -0.2) is 9.97 Å². The lowest BCUT2D eigenvalue weighted by molar-refractivity contribution is 0.289. The second-order valence-electron chi connectivity index (χ2n) is 16.6. The van der Waals surface area contributed by atoms with Gasteiger partial charge < -0.3 is 18.9 Å². The molecule has 5 heterocycles. The van der Waals surface area contributed by atoms with Crippen LogP contribution in [0.3, 0.4) is 0 Å². The highest BCUT2D eigenvalue weighted by molar-refractivity contribution is 6.04. The zero-order valence-electron chi connectivity index (χ0n) is 35.9. The van der Waals surface area contributed by atoms with Crippen molar-refractivity contribution in [2.75, 3.05) is 26.4 Å². The third-order valence-corrected chi connectivity index (χ3v) is 11.8. The van der Waals surface area contributed by atoms with Crippen molar-refractivity contribution in [2.24, 2.45) is 0 Å². The summed E-state index contributed by atoms with van der Waals surface area (Å²) in [5.74, 6) is 3.66. The Kier molecular flexibility index (Phi) is 17.4. The maximum absolute atomic E-state index is 6.12. The molecule has 0 spiro atoms. The summed E-state index contributed by atoms with van der Waals surface area (Å²) in [6.07, 6.45) is 25.0. The Morgan fingerprint density at radius 1 is 0.283 bits per heavy atom. The molecule has 6 heteroatoms. The molecule has 0 aliphatic carbocycles. The van der Waals surface area contributed by atoms with E-state index in [2.05, 4.69) is 84.9 Å². The van der Waals surface area contributed by atoms with E-state index >= 15 is 0 Å². The number of ether oxygens (including phenoxy) is 4. The second-order valence-corrected chi connectivity index (χ2v) is 16.6. The van der Waals surface area contributed by atoms with Gasteiger partial charge in [-0.3, -0.25) is 0 Å². The smallest absolute Gasteiger partial charge is 0.122 e. The minimum atomic E-state index is 0.753. The molecule has 0 radical (unpaired) electrons. The lowest BCUT2D eigenvalue weighted by Crippen LogP contribution is -2.00. The van der Waals surface area contributed by atoms with Gasteiger partial charge in [0.05, 0.1) is 48.8 Å². The van der Waals surface area contributed by atoms with Crippen LogP contribution in [-0.2, 0) is 0 Å². The van der Waals surface area contributed by atoms with Gasteiger partial charge in [-0.15, -0.1) is 0 Å². The van der Waals surface area contributed by atoms with Gasteiger partial charge in [0, 0.05) is 28.0 Å². The van der Waals surface area contributed by atoms with E-state index in [0.29, 0.717) is 0 Å². The molecule has 10 bridgehead atoms. The summed E-state index contributed by atoms with van der Waals surface area (Å²) in [5.41, 5.74) is 5.84. The predicted molar refractivity (Wildman–Crippen MR) is 249 cm³/mol. The second kappa shape index (κ2) is 24.2. The maximum Gasteiger partial charge on any atom is 0.122 e. The van der Waals surface area contributed by atoms with E-state index in [1.54, 1.807) is 0 Å². The van der Waals surface area contributed by atoms with Gasteiger partial charge in [-0.2, -0.15) is 0 Å². The summed E-state index contributed by atoms with van der Waals surface area (Å²) in [5, 5.41) is 2.17. The quantitative estimate of drug-likeness (QED) is 0.142. The van der Waals surface area contributed by atoms with E-state index < -0.39 is 0 Å². The molecule has 0 saturated heterocycles. The lowest BCUT2D eigenvalue weighted by Gasteiger charge is -2.10. The van der Waals surface area contributed by atoms with Gasteiger partial charge in [-0.05, 0) is 98.5 Å². The van der Waals surface area contributed by atoms with Crippen molar-refractivity contribution in [1.29, 1.82) is 0 Å². The predicted octanol–water partition coefficient (Wildman–Crippen LogP) is 15.1. The van der Waals surface area contributed by atoms with Crippen molar-refractivity contribution in [1.82, 2.24) is 9.97 Å². The van der Waals surface area contributed by atoms with E-state index in [1.165, 1.54) is 103 Å². The highest BCUT2D eigenvalue weighted by atomic mass is 16.5. The normalized spacial score (nSPS) is 16.9. The van der Waals surface area contributed by atoms with Gasteiger partial charge >= 0.3 is 0 Å². The zero-order chi connectivity index (χ0) is 40.9. The summed E-state index contributed by atoms with van der Waals surface area (Å²) in [7, 11) is 0. The fraction of sp³-hybridized carbons (Fsp3) is 0.444. The highest BCUT2D eigenvalue weighted by Gasteiger charge is 2.10. The van der Waals surface area contributed by atoms with E-state index in [-0.39, 0.29) is 0 Å². The first-order valence-electron chi connectivity index (χ1n) is 23.3. The van der Waals surface area contributed by atoms with E-state index in [9.17, 15) is 0 Å². The van der Waals surface area contributed by atoms with Gasteiger partial charge in [0.2, 0.25) is 0 Å². The van der Waals surface area contributed by atoms with Crippen LogP contribution < -0.4 is 18.9 Å². The highest BCUT2D eigenvalue weighted by Crippen LogP contribution is 2.30. The van der Waals surface area contributed by atoms with Crippen molar-refractivity contribution in [3.63, 3.8) is 0 Å². The number of aromatic nitrogens is 2. The molecule has 0 amide bonds. The molecule has 4 aromatic carbocycles. The molecule has 3 aliphatic rings. The monoisotopic (exact) mass is 807 g/mol. The minimum Gasteiger partial charge on any atom is -0.494 e. The summed E-state index contributed by atoms with van der Waals surface area (Å²) in [6.45, 7) is 3.05. The Labute approximate surface area is 359 Å². The molecule has 9 rings (SSSR count). The Hall–Kier alpha value is -5.10. The van der Waals surface area contributed by atoms with E-state index in [0.717, 1.165) is 119 Å². The third-order valence-electron chi connectivity index (χ3n) is 11.8. The largest absolute Gasteiger partial charge is 0.494 e. The number of hydrogen-bond acceptors (Lipinski definition) is 6. The summed E-state index contributed by atoms with van der Waals surface area (Å²) in [6, 6.07) is 37.7. The molecule has 316 valence electrons. The Morgan fingerprint density at radius 3 is 0.933 bits per heavy atom. The average Bonchev–Trinajstić information content (AvgIpc) is 3.29. The van der Waals surface area contributed by atoms with Crippen LogP contribution in [0, 0.1) is 0 Å². The van der Waals surface area contributed by atoms with E-state index in [4.69, 9.17) is 28.9 Å². The van der Waals surface area contributed by atoms with Crippen LogP contribution in [0.5, 0.6) is 23.0 Å². The first-order chi connectivity index (χ1) is 29.8. The van der Waals surface area contributed by atoms with Gasteiger partial charge in [0.25, 0.3) is 0 Å². The van der Waals surface area contributed by atoms with Crippen LogP contribution in [0.15, 0.2) is 109 Å². The van der Waals surface area contributed by atoms with Crippen LogP contribution in [0.25, 0.3) is 44.3 Å². The van der Waals surface area contributed by atoms with Crippen LogP contribution in [0.4, 0.5) is 0 Å². The van der Waals surface area contributed by atoms with Crippen LogP contribution >= 0.6 is 0 Å². The fourth-order valence-corrected chi connectivity index (χ4v) is 8.18. The Balaban J connectivity index is 0.910. The van der Waals surface area contributed by atoms with Crippen molar-refractivity contribution < 1.29 is 18.9 Å². The molecular weight excluding hydrogens is 741 g/mol. The van der Waals surface area contributed by atoms with Crippen LogP contribution in [0.1, 0.15) is 128 Å². The van der Waals surface area contributed by atoms with Gasteiger partial charge in [0.1, 0.15) is 23.0 Å². The number of hydrogen-bond donors (Lipinski definition) is 0. The molecule has 2 aromatic heterocycles. The maximum atomic E-state index is 6.12. The molecular formula is C54H66N2O4. The molecule has 60 heavy (non-hydrogen) atoms. The van der Waals surface area contributed by atoms with E-state index in [1.807, 2.05) is 24.3 Å². The number of rotatable bonds is 0. The third kappa shape index (κ3) is 13.7. The first-order valence-corrected chi connectivity index (χ1v) is 23.3. The van der Waals surface area contributed by atoms with Crippen molar-refractivity contribution >= 4 is 21.8 Å². The van der Waals surface area contributed by atoms with Gasteiger partial charge in [0.15, 0.2) is 0 Å². The average molecular weight is 807 g/mol. The molecule has 0 fully saturated rings. The van der Waals surface area contributed by atoms with Crippen molar-refractivity contribution in [3.8, 4) is 45.5 Å². The minimum absolute atomic E-state index is 0.753. The number of benzene rings is 4. The summed E-state index contributed by atoms with van der Waals surface area (Å²) in [4.78, 5) is 10.3. The topological polar surface area (TPSA) is 62.7 Å². The SMILES string of the molecule is c1cc2cc(c1)OCCCCCCCCCCCCOc1ccc(cc1)-c1ccc3ccc4ccc(nc4c3n1)-c1ccc(cc1)OCCCCCCCCCCCCO2. The molecule has 0 atom stereocenters. The summed E-state index contributed by atoms with van der Waals surface area (Å²) < 4.78 is 24.3. The van der Waals surface area contributed by atoms with Crippen molar-refractivity contribution in [3.05, 3.63) is 109 Å². The van der Waals surface area contributed by atoms with Crippen LogP contribution in [0.2, 0.25) is 0 Å². The van der Waals surface area contributed by atoms with Crippen molar-refractivity contribution in [2.45, 2.75) is 128 Å². The van der Waals surface area contributed by atoms with Gasteiger partial charge in [-0.1, -0.05) is 133 Å². The lowest BCUT2D eigenvalue weighted by atomic mass is 10.1. The number of nitrogens with zero attached hydrogens (tertiary/aromatic N) is 2. The van der Waals surface area contributed by atoms with Crippen LogP contribution in [-0.4, -0.2) is 36.4 Å². The molecule has 0 saturated carbocycles. The molecule has 3 aliphatic heterocycles. The molecule has 6 nitrogen and oxygen atoms in total. The fourth-order valence-electron chi connectivity index (χ4n) is 8.18. The standard InChI is InChI=1S/C54H66N2O4/c1-3-7-11-15-19-40-59-49-22-21-23-50(42-49)60-41-20-16-12-8-4-2-6-10-14-18-39-58-48-34-28-44(29-35-48)52-37-31-46-25-24-45-30-36-51(55-53(45)54(46)56-52)43-26-32-47(33-27-43)57-38-17-13-9-5-1/h21-37,42H,1-20,38-41H2.